The van der Waals surface area contributed by atoms with Crippen LogP contribution in [0.3, 0.4) is 0 Å². The van der Waals surface area contributed by atoms with Gasteiger partial charge < -0.3 is 5.11 Å². The number of para-hydroxylation sites is 1. The Kier molecular flexibility index (Phi) is 5.03. The molecule has 4 nitrogen and oxygen atoms in total. The molecule has 1 amide bonds. The van der Waals surface area contributed by atoms with Crippen molar-refractivity contribution >= 4 is 17.7 Å². The molecule has 0 radical (unpaired) electrons. The van der Waals surface area contributed by atoms with Crippen LogP contribution in [-0.2, 0) is 17.0 Å². The highest BCUT2D eigenvalue weighted by atomic mass is 32.2. The van der Waals surface area contributed by atoms with Gasteiger partial charge in [-0.25, -0.2) is 5.84 Å². The topological polar surface area (TPSA) is 75.3 Å². The van der Waals surface area contributed by atoms with Gasteiger partial charge in [-0.2, -0.15) is 0 Å². The van der Waals surface area contributed by atoms with Crippen LogP contribution in [0.5, 0.6) is 5.75 Å². The number of phenols is 1. The number of phenolic OH excluding ortho intramolecular Hbond substituents is 1. The van der Waals surface area contributed by atoms with E-state index < -0.39 is 0 Å². The van der Waals surface area contributed by atoms with Gasteiger partial charge in [0, 0.05) is 10.6 Å². The molecule has 0 saturated carbocycles. The molecular weight excluding hydrogens is 272 g/mol. The fraction of sp³-hybridized carbons (Fsp3) is 0.133. The van der Waals surface area contributed by atoms with E-state index in [0.717, 1.165) is 21.8 Å². The predicted molar refractivity (Wildman–Crippen MR) is 80.1 cm³/mol. The minimum absolute atomic E-state index is 0.207. The van der Waals surface area contributed by atoms with Gasteiger partial charge in [0.25, 0.3) is 0 Å². The maximum absolute atomic E-state index is 11.1. The van der Waals surface area contributed by atoms with E-state index in [9.17, 15) is 9.90 Å². The van der Waals surface area contributed by atoms with E-state index >= 15 is 0 Å². The van der Waals surface area contributed by atoms with Gasteiger partial charge in [-0.1, -0.05) is 36.4 Å². The van der Waals surface area contributed by atoms with Gasteiger partial charge in [0.15, 0.2) is 0 Å². The second-order valence-electron chi connectivity index (χ2n) is 4.32. The van der Waals surface area contributed by atoms with Gasteiger partial charge >= 0.3 is 0 Å². The molecule has 20 heavy (non-hydrogen) atoms. The van der Waals surface area contributed by atoms with Gasteiger partial charge in [0.2, 0.25) is 5.91 Å². The van der Waals surface area contributed by atoms with Crippen molar-refractivity contribution < 1.29 is 9.90 Å². The Balaban J connectivity index is 1.94. The van der Waals surface area contributed by atoms with Crippen molar-refractivity contribution in [1.29, 1.82) is 0 Å². The number of carbonyl (C=O) groups excluding carboxylic acids is 1. The molecule has 0 heterocycles. The van der Waals surface area contributed by atoms with Crippen molar-refractivity contribution in [3.63, 3.8) is 0 Å². The van der Waals surface area contributed by atoms with Crippen LogP contribution in [0.1, 0.15) is 11.1 Å². The molecule has 4 N–H and O–H groups in total. The zero-order valence-electron chi connectivity index (χ0n) is 10.9. The third kappa shape index (κ3) is 4.01. The number of nitrogens with one attached hydrogen (secondary N) is 1. The molecule has 0 aliphatic heterocycles. The number of hydrogen-bond donors (Lipinski definition) is 3. The van der Waals surface area contributed by atoms with Crippen LogP contribution >= 0.6 is 11.8 Å². The lowest BCUT2D eigenvalue weighted by atomic mass is 10.1. The Labute approximate surface area is 122 Å². The summed E-state index contributed by atoms with van der Waals surface area (Å²) in [6, 6.07) is 15.0. The molecule has 0 bridgehead atoms. The number of hydrogen-bond acceptors (Lipinski definition) is 4. The Morgan fingerprint density at radius 3 is 2.40 bits per heavy atom. The minimum Gasteiger partial charge on any atom is -0.507 e. The maximum atomic E-state index is 11.1. The number of hydrazine groups is 1. The predicted octanol–water partition coefficient (Wildman–Crippen LogP) is 2.22. The van der Waals surface area contributed by atoms with Gasteiger partial charge in [-0.3, -0.25) is 10.2 Å². The highest BCUT2D eigenvalue weighted by Crippen LogP contribution is 2.30. The van der Waals surface area contributed by atoms with Crippen molar-refractivity contribution in [2.45, 2.75) is 17.1 Å². The summed E-state index contributed by atoms with van der Waals surface area (Å²) in [5.41, 5.74) is 4.17. The van der Waals surface area contributed by atoms with E-state index in [0.29, 0.717) is 5.75 Å². The first-order valence-electron chi connectivity index (χ1n) is 6.17. The quantitative estimate of drug-likeness (QED) is 0.341. The Hall–Kier alpha value is -1.98. The van der Waals surface area contributed by atoms with Crippen LogP contribution in [0.2, 0.25) is 0 Å². The molecule has 104 valence electrons. The van der Waals surface area contributed by atoms with Gasteiger partial charge in [0.1, 0.15) is 5.75 Å². The summed E-state index contributed by atoms with van der Waals surface area (Å²) in [5.74, 6) is 5.91. The first-order chi connectivity index (χ1) is 9.69. The lowest BCUT2D eigenvalue weighted by Gasteiger charge is -2.05. The van der Waals surface area contributed by atoms with Gasteiger partial charge in [-0.15, -0.1) is 11.8 Å². The number of benzene rings is 2. The summed E-state index contributed by atoms with van der Waals surface area (Å²) in [6.45, 7) is 0. The molecule has 0 saturated heterocycles. The number of amides is 1. The average molecular weight is 288 g/mol. The number of carbonyl (C=O) groups is 1. The minimum atomic E-state index is -0.207. The average Bonchev–Trinajstić information content (AvgIpc) is 2.48. The zero-order valence-corrected chi connectivity index (χ0v) is 11.7. The van der Waals surface area contributed by atoms with Crippen LogP contribution in [-0.4, -0.2) is 11.0 Å². The number of aromatic hydroxyl groups is 1. The third-order valence-electron chi connectivity index (χ3n) is 2.81. The lowest BCUT2D eigenvalue weighted by molar-refractivity contribution is -0.120. The van der Waals surface area contributed by atoms with Crippen molar-refractivity contribution in [1.82, 2.24) is 5.43 Å². The molecule has 0 aliphatic carbocycles. The molecule has 2 rings (SSSR count). The summed E-state index contributed by atoms with van der Waals surface area (Å²) in [5, 5.41) is 9.68. The summed E-state index contributed by atoms with van der Waals surface area (Å²) >= 11 is 1.58. The highest BCUT2D eigenvalue weighted by molar-refractivity contribution is 7.98. The SMILES string of the molecule is NNC(=O)Cc1ccc(CSc2ccccc2O)cc1. The standard InChI is InChI=1S/C15H16N2O2S/c16-17-15(19)9-11-5-7-12(8-6-11)10-20-14-4-2-1-3-13(14)18/h1-8,18H,9-10,16H2,(H,17,19). The number of rotatable bonds is 5. The summed E-state index contributed by atoms with van der Waals surface area (Å²) in [7, 11) is 0. The molecule has 0 spiro atoms. The van der Waals surface area contributed by atoms with E-state index in [1.165, 1.54) is 0 Å². The van der Waals surface area contributed by atoms with Gasteiger partial charge in [0.05, 0.1) is 6.42 Å². The largest absolute Gasteiger partial charge is 0.507 e. The Bertz CT molecular complexity index is 585. The van der Waals surface area contributed by atoms with E-state index in [4.69, 9.17) is 5.84 Å². The molecule has 2 aromatic carbocycles. The molecule has 2 aromatic rings. The molecule has 0 aliphatic rings. The van der Waals surface area contributed by atoms with Crippen LogP contribution in [0, 0.1) is 0 Å². The molecule has 5 heteroatoms. The van der Waals surface area contributed by atoms with Crippen molar-refractivity contribution in [2.75, 3.05) is 0 Å². The van der Waals surface area contributed by atoms with Crippen molar-refractivity contribution in [3.05, 3.63) is 59.7 Å². The zero-order chi connectivity index (χ0) is 14.4. The van der Waals surface area contributed by atoms with Crippen molar-refractivity contribution in [3.8, 4) is 5.75 Å². The lowest BCUT2D eigenvalue weighted by Crippen LogP contribution is -2.31. The van der Waals surface area contributed by atoms with Gasteiger partial charge in [-0.05, 0) is 23.3 Å². The first-order valence-corrected chi connectivity index (χ1v) is 7.15. The van der Waals surface area contributed by atoms with E-state index in [1.807, 2.05) is 36.4 Å². The number of thioether (sulfide) groups is 1. The molecule has 0 aromatic heterocycles. The fourth-order valence-corrected chi connectivity index (χ4v) is 2.64. The maximum Gasteiger partial charge on any atom is 0.238 e. The smallest absolute Gasteiger partial charge is 0.238 e. The summed E-state index contributed by atoms with van der Waals surface area (Å²) < 4.78 is 0. The second kappa shape index (κ2) is 6.98. The van der Waals surface area contributed by atoms with Crippen LogP contribution in [0.25, 0.3) is 0 Å². The summed E-state index contributed by atoms with van der Waals surface area (Å²) in [4.78, 5) is 12.0. The molecule has 0 atom stereocenters. The van der Waals surface area contributed by atoms with E-state index in [-0.39, 0.29) is 12.3 Å². The number of nitrogens with two attached hydrogens (primary N) is 1. The first kappa shape index (κ1) is 14.4. The fourth-order valence-electron chi connectivity index (χ4n) is 1.73. The van der Waals surface area contributed by atoms with Crippen LogP contribution in [0.15, 0.2) is 53.4 Å². The third-order valence-corrected chi connectivity index (χ3v) is 3.94. The van der Waals surface area contributed by atoms with Crippen molar-refractivity contribution in [2.24, 2.45) is 5.84 Å². The molecule has 0 fully saturated rings. The van der Waals surface area contributed by atoms with E-state index in [1.54, 1.807) is 23.9 Å². The second-order valence-corrected chi connectivity index (χ2v) is 5.33. The Morgan fingerprint density at radius 2 is 1.75 bits per heavy atom. The van der Waals surface area contributed by atoms with E-state index in [2.05, 4.69) is 5.43 Å². The van der Waals surface area contributed by atoms with Crippen LogP contribution in [0.4, 0.5) is 0 Å². The van der Waals surface area contributed by atoms with Crippen LogP contribution < -0.4 is 11.3 Å². The molecule has 0 unspecified atom stereocenters. The summed E-state index contributed by atoms with van der Waals surface area (Å²) in [6.07, 6.45) is 0.281. The Morgan fingerprint density at radius 1 is 1.10 bits per heavy atom. The molecular formula is C15H16N2O2S. The highest BCUT2D eigenvalue weighted by Gasteiger charge is 2.03. The monoisotopic (exact) mass is 288 g/mol. The normalized spacial score (nSPS) is 10.2.